The third-order valence-corrected chi connectivity index (χ3v) is 2.25. The minimum atomic E-state index is -0.270. The minimum absolute atomic E-state index is 0.0726. The van der Waals surface area contributed by atoms with Gasteiger partial charge >= 0.3 is 0 Å². The number of hydrogen-bond acceptors (Lipinski definition) is 1. The van der Waals surface area contributed by atoms with Gasteiger partial charge in [0.05, 0.1) is 6.42 Å². The van der Waals surface area contributed by atoms with E-state index in [1.54, 1.807) is 24.1 Å². The fraction of sp³-hybridized carbons (Fsp3) is 0.417. The Morgan fingerprint density at radius 3 is 2.47 bits per heavy atom. The van der Waals surface area contributed by atoms with Gasteiger partial charge in [-0.25, -0.2) is 4.39 Å². The highest BCUT2D eigenvalue weighted by Crippen LogP contribution is 2.05. The molecule has 0 atom stereocenters. The first-order valence-corrected chi connectivity index (χ1v) is 5.12. The average Bonchev–Trinajstić information content (AvgIpc) is 2.22. The molecule has 1 amide bonds. The molecule has 0 saturated heterocycles. The van der Waals surface area contributed by atoms with Crippen molar-refractivity contribution in [3.63, 3.8) is 0 Å². The van der Waals surface area contributed by atoms with Crippen molar-refractivity contribution in [1.29, 1.82) is 0 Å². The first-order valence-electron chi connectivity index (χ1n) is 5.12. The largest absolute Gasteiger partial charge is 0.345 e. The third-order valence-electron chi connectivity index (χ3n) is 2.25. The van der Waals surface area contributed by atoms with Crippen LogP contribution in [0, 0.1) is 5.82 Å². The van der Waals surface area contributed by atoms with Gasteiger partial charge < -0.3 is 4.90 Å². The van der Waals surface area contributed by atoms with Crippen LogP contribution in [0.1, 0.15) is 18.9 Å². The van der Waals surface area contributed by atoms with Gasteiger partial charge in [-0.1, -0.05) is 19.1 Å². The molecule has 0 aliphatic heterocycles. The lowest BCUT2D eigenvalue weighted by atomic mass is 10.1. The second-order valence-corrected chi connectivity index (χ2v) is 3.62. The van der Waals surface area contributed by atoms with Gasteiger partial charge in [0.15, 0.2) is 0 Å². The number of halogens is 1. The van der Waals surface area contributed by atoms with E-state index in [1.165, 1.54) is 12.1 Å². The summed E-state index contributed by atoms with van der Waals surface area (Å²) in [6.07, 6.45) is 1.29. The first-order chi connectivity index (χ1) is 7.13. The smallest absolute Gasteiger partial charge is 0.226 e. The van der Waals surface area contributed by atoms with E-state index in [4.69, 9.17) is 0 Å². The van der Waals surface area contributed by atoms with Crippen LogP contribution in [0.15, 0.2) is 24.3 Å². The summed E-state index contributed by atoms with van der Waals surface area (Å²) in [6, 6.07) is 6.05. The predicted molar refractivity (Wildman–Crippen MR) is 58.0 cm³/mol. The van der Waals surface area contributed by atoms with Crippen LogP contribution in [0.5, 0.6) is 0 Å². The van der Waals surface area contributed by atoms with Crippen LogP contribution in [0.4, 0.5) is 4.39 Å². The first kappa shape index (κ1) is 11.7. The lowest BCUT2D eigenvalue weighted by Crippen LogP contribution is -2.28. The van der Waals surface area contributed by atoms with Gasteiger partial charge in [-0.15, -0.1) is 0 Å². The van der Waals surface area contributed by atoms with E-state index in [2.05, 4.69) is 0 Å². The predicted octanol–water partition coefficient (Wildman–Crippen LogP) is 2.24. The van der Waals surface area contributed by atoms with Crippen LogP contribution in [0.3, 0.4) is 0 Å². The summed E-state index contributed by atoms with van der Waals surface area (Å²) in [4.78, 5) is 13.3. The molecule has 1 rings (SSSR count). The topological polar surface area (TPSA) is 20.3 Å². The third kappa shape index (κ3) is 3.70. The number of carbonyl (C=O) groups is 1. The maximum absolute atomic E-state index is 12.6. The molecule has 0 fully saturated rings. The van der Waals surface area contributed by atoms with Gasteiger partial charge in [0.2, 0.25) is 5.91 Å². The van der Waals surface area contributed by atoms with Crippen LogP contribution in [0.2, 0.25) is 0 Å². The number of amides is 1. The van der Waals surface area contributed by atoms with Crippen molar-refractivity contribution in [2.24, 2.45) is 0 Å². The molecular weight excluding hydrogens is 193 g/mol. The summed E-state index contributed by atoms with van der Waals surface area (Å²) in [5.41, 5.74) is 0.851. The molecule has 0 aliphatic carbocycles. The number of benzene rings is 1. The van der Waals surface area contributed by atoms with Crippen LogP contribution in [0.25, 0.3) is 0 Å². The zero-order valence-electron chi connectivity index (χ0n) is 9.16. The monoisotopic (exact) mass is 209 g/mol. The van der Waals surface area contributed by atoms with Crippen LogP contribution >= 0.6 is 0 Å². The van der Waals surface area contributed by atoms with Crippen molar-refractivity contribution in [3.8, 4) is 0 Å². The van der Waals surface area contributed by atoms with Gasteiger partial charge in [0, 0.05) is 13.6 Å². The molecule has 0 spiro atoms. The van der Waals surface area contributed by atoms with Crippen molar-refractivity contribution in [3.05, 3.63) is 35.6 Å². The lowest BCUT2D eigenvalue weighted by Gasteiger charge is -2.15. The van der Waals surface area contributed by atoms with E-state index in [0.29, 0.717) is 6.42 Å². The number of nitrogens with zero attached hydrogens (tertiary/aromatic N) is 1. The molecule has 0 aliphatic rings. The highest BCUT2D eigenvalue weighted by atomic mass is 19.1. The van der Waals surface area contributed by atoms with Gasteiger partial charge in [0.25, 0.3) is 0 Å². The van der Waals surface area contributed by atoms with Crippen LogP contribution < -0.4 is 0 Å². The average molecular weight is 209 g/mol. The van der Waals surface area contributed by atoms with E-state index in [1.807, 2.05) is 6.92 Å². The Bertz CT molecular complexity index is 321. The number of carbonyl (C=O) groups excluding carboxylic acids is 1. The molecule has 1 aromatic carbocycles. The summed E-state index contributed by atoms with van der Waals surface area (Å²) in [7, 11) is 1.79. The molecule has 0 radical (unpaired) electrons. The van der Waals surface area contributed by atoms with Gasteiger partial charge in [0.1, 0.15) is 5.82 Å². The van der Waals surface area contributed by atoms with Crippen LogP contribution in [-0.4, -0.2) is 24.4 Å². The molecule has 1 aromatic rings. The molecule has 0 saturated carbocycles. The van der Waals surface area contributed by atoms with E-state index >= 15 is 0 Å². The highest BCUT2D eigenvalue weighted by Gasteiger charge is 2.08. The number of likely N-dealkylation sites (N-methyl/N-ethyl adjacent to an activating group) is 1. The fourth-order valence-electron chi connectivity index (χ4n) is 1.37. The maximum Gasteiger partial charge on any atom is 0.226 e. The zero-order chi connectivity index (χ0) is 11.3. The second-order valence-electron chi connectivity index (χ2n) is 3.62. The Kier molecular flexibility index (Phi) is 4.28. The standard InChI is InChI=1S/C12H16FNO/c1-3-8-14(2)12(15)9-10-4-6-11(13)7-5-10/h4-7H,3,8-9H2,1-2H3. The lowest BCUT2D eigenvalue weighted by molar-refractivity contribution is -0.129. The molecule has 0 heterocycles. The van der Waals surface area contributed by atoms with E-state index in [9.17, 15) is 9.18 Å². The Morgan fingerprint density at radius 2 is 1.93 bits per heavy atom. The molecule has 0 aromatic heterocycles. The Hall–Kier alpha value is -1.38. The van der Waals surface area contributed by atoms with E-state index in [-0.39, 0.29) is 11.7 Å². The maximum atomic E-state index is 12.6. The summed E-state index contributed by atoms with van der Waals surface area (Å²) in [6.45, 7) is 2.79. The van der Waals surface area contributed by atoms with Gasteiger partial charge in [-0.3, -0.25) is 4.79 Å². The molecule has 0 bridgehead atoms. The van der Waals surface area contributed by atoms with Crippen molar-refractivity contribution < 1.29 is 9.18 Å². The molecule has 0 N–H and O–H groups in total. The molecule has 2 nitrogen and oxygen atoms in total. The van der Waals surface area contributed by atoms with Gasteiger partial charge in [-0.05, 0) is 24.1 Å². The minimum Gasteiger partial charge on any atom is -0.345 e. The zero-order valence-corrected chi connectivity index (χ0v) is 9.16. The van der Waals surface area contributed by atoms with Crippen molar-refractivity contribution in [2.45, 2.75) is 19.8 Å². The molecule has 3 heteroatoms. The van der Waals surface area contributed by atoms with Gasteiger partial charge in [-0.2, -0.15) is 0 Å². The summed E-state index contributed by atoms with van der Waals surface area (Å²) in [5, 5.41) is 0. The Balaban J connectivity index is 2.54. The number of hydrogen-bond donors (Lipinski definition) is 0. The molecule has 82 valence electrons. The quantitative estimate of drug-likeness (QED) is 0.744. The van der Waals surface area contributed by atoms with Crippen molar-refractivity contribution in [1.82, 2.24) is 4.90 Å². The molecule has 0 unspecified atom stereocenters. The number of rotatable bonds is 4. The summed E-state index contributed by atoms with van der Waals surface area (Å²) < 4.78 is 12.6. The van der Waals surface area contributed by atoms with E-state index < -0.39 is 0 Å². The summed E-state index contributed by atoms with van der Waals surface area (Å²) in [5.74, 6) is -0.198. The van der Waals surface area contributed by atoms with E-state index in [0.717, 1.165) is 18.5 Å². The Labute approximate surface area is 89.7 Å². The second kappa shape index (κ2) is 5.49. The fourth-order valence-corrected chi connectivity index (χ4v) is 1.37. The van der Waals surface area contributed by atoms with Crippen molar-refractivity contribution in [2.75, 3.05) is 13.6 Å². The highest BCUT2D eigenvalue weighted by molar-refractivity contribution is 5.78. The SMILES string of the molecule is CCCN(C)C(=O)Cc1ccc(F)cc1. The van der Waals surface area contributed by atoms with Crippen LogP contribution in [-0.2, 0) is 11.2 Å². The Morgan fingerprint density at radius 1 is 1.33 bits per heavy atom. The normalized spacial score (nSPS) is 10.1. The summed E-state index contributed by atoms with van der Waals surface area (Å²) >= 11 is 0. The molecule has 15 heavy (non-hydrogen) atoms. The molecular formula is C12H16FNO. The van der Waals surface area contributed by atoms with Crippen molar-refractivity contribution >= 4 is 5.91 Å².